The highest BCUT2D eigenvalue weighted by atomic mass is 16.4. The average molecular weight is 273 g/mol. The van der Waals surface area contributed by atoms with Crippen molar-refractivity contribution in [2.24, 2.45) is 5.92 Å². The first-order valence-electron chi connectivity index (χ1n) is 7.00. The summed E-state index contributed by atoms with van der Waals surface area (Å²) in [7, 11) is 5.83. The fraction of sp³-hybridized carbons (Fsp3) is 0.929. The van der Waals surface area contributed by atoms with Gasteiger partial charge in [-0.25, -0.2) is 0 Å². The van der Waals surface area contributed by atoms with Crippen LogP contribution in [0.15, 0.2) is 0 Å². The van der Waals surface area contributed by atoms with Gasteiger partial charge in [-0.1, -0.05) is 13.8 Å². The molecule has 1 unspecified atom stereocenters. The molecule has 0 radical (unpaired) electrons. The minimum Gasteiger partial charge on any atom is -0.480 e. The van der Waals surface area contributed by atoms with E-state index in [1.165, 1.54) is 0 Å². The second kappa shape index (κ2) is 8.51. The number of carbonyl (C=O) groups is 1. The Balaban J connectivity index is 4.42. The number of carboxylic acid groups (broad SMARTS) is 1. The van der Waals surface area contributed by atoms with Gasteiger partial charge in [0.05, 0.1) is 0 Å². The Bertz CT molecular complexity index is 269. The summed E-state index contributed by atoms with van der Waals surface area (Å²) in [5.41, 5.74) is -0.840. The molecular weight excluding hydrogens is 242 g/mol. The molecule has 0 aliphatic heterocycles. The summed E-state index contributed by atoms with van der Waals surface area (Å²) in [5, 5.41) is 12.2. The van der Waals surface area contributed by atoms with E-state index in [-0.39, 0.29) is 0 Å². The van der Waals surface area contributed by atoms with E-state index in [4.69, 9.17) is 0 Å². The number of aliphatic carboxylic acids is 1. The normalized spacial score (nSPS) is 15.2. The van der Waals surface area contributed by atoms with Gasteiger partial charge >= 0.3 is 5.97 Å². The molecule has 19 heavy (non-hydrogen) atoms. The number of nitrogens with one attached hydrogen (secondary N) is 1. The molecule has 0 bridgehead atoms. The van der Waals surface area contributed by atoms with Crippen LogP contribution in [-0.4, -0.2) is 73.7 Å². The van der Waals surface area contributed by atoms with E-state index in [1.54, 1.807) is 14.0 Å². The van der Waals surface area contributed by atoms with E-state index in [2.05, 4.69) is 43.1 Å². The van der Waals surface area contributed by atoms with E-state index in [1.807, 2.05) is 0 Å². The Hall–Kier alpha value is -0.650. The molecule has 0 saturated heterocycles. The van der Waals surface area contributed by atoms with Gasteiger partial charge in [0.2, 0.25) is 0 Å². The van der Waals surface area contributed by atoms with Crippen LogP contribution in [0.4, 0.5) is 0 Å². The summed E-state index contributed by atoms with van der Waals surface area (Å²) < 4.78 is 0. The summed E-state index contributed by atoms with van der Waals surface area (Å²) in [5.74, 6) is -0.195. The predicted molar refractivity (Wildman–Crippen MR) is 79.5 cm³/mol. The van der Waals surface area contributed by atoms with E-state index in [0.29, 0.717) is 12.3 Å². The molecule has 0 rings (SSSR count). The highest BCUT2D eigenvalue weighted by Crippen LogP contribution is 2.11. The molecule has 1 atom stereocenters. The smallest absolute Gasteiger partial charge is 0.323 e. The van der Waals surface area contributed by atoms with Crippen molar-refractivity contribution >= 4 is 5.97 Å². The van der Waals surface area contributed by atoms with Crippen molar-refractivity contribution < 1.29 is 9.90 Å². The van der Waals surface area contributed by atoms with Crippen LogP contribution in [0, 0.1) is 5.92 Å². The van der Waals surface area contributed by atoms with Gasteiger partial charge in [0.25, 0.3) is 0 Å². The maximum absolute atomic E-state index is 11.3. The lowest BCUT2D eigenvalue weighted by Crippen LogP contribution is -2.50. The van der Waals surface area contributed by atoms with E-state index < -0.39 is 11.5 Å². The Kier molecular flexibility index (Phi) is 8.22. The number of rotatable bonds is 10. The molecule has 0 fully saturated rings. The fourth-order valence-corrected chi connectivity index (χ4v) is 1.87. The Morgan fingerprint density at radius 2 is 1.84 bits per heavy atom. The molecule has 0 aliphatic rings. The molecular formula is C14H31N3O2. The van der Waals surface area contributed by atoms with E-state index in [9.17, 15) is 9.90 Å². The SMILES string of the molecule is CNC(C)(CCN(CCN(C)C)CC(C)C)C(=O)O. The average Bonchev–Trinajstić information content (AvgIpc) is 2.31. The Labute approximate surface area is 118 Å². The minimum absolute atomic E-state index is 0.591. The minimum atomic E-state index is -0.840. The van der Waals surface area contributed by atoms with Crippen molar-refractivity contribution in [3.05, 3.63) is 0 Å². The van der Waals surface area contributed by atoms with Crippen molar-refractivity contribution in [3.8, 4) is 0 Å². The summed E-state index contributed by atoms with van der Waals surface area (Å²) in [4.78, 5) is 15.8. The Morgan fingerprint density at radius 1 is 1.26 bits per heavy atom. The first kappa shape index (κ1) is 18.4. The number of likely N-dealkylation sites (N-methyl/N-ethyl adjacent to an activating group) is 2. The summed E-state index contributed by atoms with van der Waals surface area (Å²) in [6.45, 7) is 9.91. The van der Waals surface area contributed by atoms with Crippen molar-refractivity contribution in [1.82, 2.24) is 15.1 Å². The summed E-state index contributed by atoms with van der Waals surface area (Å²) >= 11 is 0. The van der Waals surface area contributed by atoms with Gasteiger partial charge in [0, 0.05) is 26.2 Å². The first-order valence-corrected chi connectivity index (χ1v) is 7.00. The van der Waals surface area contributed by atoms with Crippen molar-refractivity contribution in [1.29, 1.82) is 0 Å². The summed E-state index contributed by atoms with van der Waals surface area (Å²) in [6, 6.07) is 0. The van der Waals surface area contributed by atoms with E-state index >= 15 is 0 Å². The van der Waals surface area contributed by atoms with Gasteiger partial charge in [-0.3, -0.25) is 4.79 Å². The van der Waals surface area contributed by atoms with E-state index in [0.717, 1.165) is 26.2 Å². The predicted octanol–water partition coefficient (Wildman–Crippen LogP) is 0.959. The van der Waals surface area contributed by atoms with Gasteiger partial charge in [-0.05, 0) is 40.4 Å². The zero-order valence-electron chi connectivity index (χ0n) is 13.4. The second-order valence-electron chi connectivity index (χ2n) is 6.13. The second-order valence-corrected chi connectivity index (χ2v) is 6.13. The lowest BCUT2D eigenvalue weighted by molar-refractivity contribution is -0.144. The van der Waals surface area contributed by atoms with Gasteiger partial charge in [0.1, 0.15) is 5.54 Å². The van der Waals surface area contributed by atoms with Gasteiger partial charge in [-0.15, -0.1) is 0 Å². The quantitative estimate of drug-likeness (QED) is 0.621. The molecule has 0 spiro atoms. The van der Waals surface area contributed by atoms with Gasteiger partial charge in [0.15, 0.2) is 0 Å². The topological polar surface area (TPSA) is 55.8 Å². The van der Waals surface area contributed by atoms with Crippen LogP contribution in [0.1, 0.15) is 27.2 Å². The first-order chi connectivity index (χ1) is 8.71. The standard InChI is InChI=1S/C14H31N3O2/c1-12(2)11-17(10-9-16(5)6)8-7-14(3,15-4)13(18)19/h12,15H,7-11H2,1-6H3,(H,18,19). The highest BCUT2D eigenvalue weighted by molar-refractivity contribution is 5.78. The van der Waals surface area contributed by atoms with Crippen LogP contribution in [0.25, 0.3) is 0 Å². The molecule has 0 aromatic carbocycles. The lowest BCUT2D eigenvalue weighted by Gasteiger charge is -2.30. The number of hydrogen-bond donors (Lipinski definition) is 2. The van der Waals surface area contributed by atoms with Crippen LogP contribution in [0.5, 0.6) is 0 Å². The molecule has 0 saturated carbocycles. The third kappa shape index (κ3) is 7.50. The Morgan fingerprint density at radius 3 is 2.21 bits per heavy atom. The maximum Gasteiger partial charge on any atom is 0.323 e. The molecule has 5 heteroatoms. The molecule has 0 aromatic heterocycles. The van der Waals surface area contributed by atoms with Crippen LogP contribution >= 0.6 is 0 Å². The van der Waals surface area contributed by atoms with Crippen LogP contribution < -0.4 is 5.32 Å². The highest BCUT2D eigenvalue weighted by Gasteiger charge is 2.31. The maximum atomic E-state index is 11.3. The summed E-state index contributed by atoms with van der Waals surface area (Å²) in [6.07, 6.45) is 0.610. The molecule has 114 valence electrons. The molecule has 0 aromatic rings. The lowest BCUT2D eigenvalue weighted by atomic mass is 9.98. The largest absolute Gasteiger partial charge is 0.480 e. The third-order valence-corrected chi connectivity index (χ3v) is 3.44. The number of nitrogens with zero attached hydrogens (tertiary/aromatic N) is 2. The number of carboxylic acids is 1. The molecule has 2 N–H and O–H groups in total. The molecule has 0 aliphatic carbocycles. The van der Waals surface area contributed by atoms with Crippen LogP contribution in [0.2, 0.25) is 0 Å². The van der Waals surface area contributed by atoms with Gasteiger partial charge < -0.3 is 20.2 Å². The van der Waals surface area contributed by atoms with Crippen molar-refractivity contribution in [2.75, 3.05) is 47.3 Å². The zero-order chi connectivity index (χ0) is 15.1. The van der Waals surface area contributed by atoms with Gasteiger partial charge in [-0.2, -0.15) is 0 Å². The van der Waals surface area contributed by atoms with Crippen molar-refractivity contribution in [2.45, 2.75) is 32.7 Å². The van der Waals surface area contributed by atoms with Crippen LogP contribution in [0.3, 0.4) is 0 Å². The van der Waals surface area contributed by atoms with Crippen LogP contribution in [-0.2, 0) is 4.79 Å². The molecule has 0 amide bonds. The number of hydrogen-bond acceptors (Lipinski definition) is 4. The molecule has 5 nitrogen and oxygen atoms in total. The molecule has 0 heterocycles. The zero-order valence-corrected chi connectivity index (χ0v) is 13.4. The fourth-order valence-electron chi connectivity index (χ4n) is 1.87. The third-order valence-electron chi connectivity index (χ3n) is 3.44. The monoisotopic (exact) mass is 273 g/mol. The van der Waals surface area contributed by atoms with Crippen molar-refractivity contribution in [3.63, 3.8) is 0 Å².